The minimum atomic E-state index is 0.0297. The molecule has 108 valence electrons. The van der Waals surface area contributed by atoms with Crippen LogP contribution < -0.4 is 5.73 Å². The molecule has 0 aliphatic carbocycles. The minimum absolute atomic E-state index is 0.0297. The highest BCUT2D eigenvalue weighted by Gasteiger charge is 2.19. The number of ether oxygens (including phenoxy) is 1. The van der Waals surface area contributed by atoms with Crippen LogP contribution in [0.25, 0.3) is 0 Å². The van der Waals surface area contributed by atoms with E-state index in [-0.39, 0.29) is 12.1 Å². The first-order chi connectivity index (χ1) is 9.81. The van der Waals surface area contributed by atoms with E-state index < -0.39 is 0 Å². The van der Waals surface area contributed by atoms with E-state index in [0.29, 0.717) is 0 Å². The van der Waals surface area contributed by atoms with E-state index in [2.05, 4.69) is 48.0 Å². The average molecular weight is 289 g/mol. The largest absolute Gasteiger partial charge is 0.372 e. The summed E-state index contributed by atoms with van der Waals surface area (Å²) in [4.78, 5) is 0. The van der Waals surface area contributed by atoms with Gasteiger partial charge < -0.3 is 10.5 Å². The van der Waals surface area contributed by atoms with Crippen LogP contribution in [-0.2, 0) is 11.2 Å². The molecule has 0 aliphatic heterocycles. The molecular weight excluding hydrogens is 266 g/mol. The molecule has 0 spiro atoms. The topological polar surface area (TPSA) is 35.2 Å². The lowest BCUT2D eigenvalue weighted by atomic mass is 10.0. The second kappa shape index (κ2) is 8.20. The second-order valence-corrected chi connectivity index (χ2v) is 5.79. The molecular formula is C17H23NOS. The van der Waals surface area contributed by atoms with E-state index in [9.17, 15) is 0 Å². The number of nitrogens with two attached hydrogens (primary N) is 1. The predicted molar refractivity (Wildman–Crippen MR) is 86.0 cm³/mol. The van der Waals surface area contributed by atoms with Crippen LogP contribution in [0.1, 0.15) is 37.0 Å². The third-order valence-corrected chi connectivity index (χ3v) is 4.18. The van der Waals surface area contributed by atoms with E-state index >= 15 is 0 Å². The standard InChI is InChI=1S/C17H23NOS/c1-2-16(18)17(15-10-12-20-13-15)19-11-6-9-14-7-4-3-5-8-14/h3-5,7-8,10,12-13,16-17H,2,6,9,11,18H2,1H3. The molecule has 2 atom stereocenters. The van der Waals surface area contributed by atoms with Crippen molar-refractivity contribution in [1.29, 1.82) is 0 Å². The summed E-state index contributed by atoms with van der Waals surface area (Å²) in [6, 6.07) is 12.7. The monoisotopic (exact) mass is 289 g/mol. The summed E-state index contributed by atoms with van der Waals surface area (Å²) < 4.78 is 6.04. The minimum Gasteiger partial charge on any atom is -0.372 e. The molecule has 0 saturated heterocycles. The molecule has 0 saturated carbocycles. The lowest BCUT2D eigenvalue weighted by molar-refractivity contribution is 0.0325. The maximum Gasteiger partial charge on any atom is 0.0983 e. The van der Waals surface area contributed by atoms with E-state index in [0.717, 1.165) is 25.9 Å². The number of rotatable bonds is 8. The highest BCUT2D eigenvalue weighted by molar-refractivity contribution is 7.07. The quantitative estimate of drug-likeness (QED) is 0.740. The molecule has 1 aromatic carbocycles. The Morgan fingerprint density at radius 3 is 2.65 bits per heavy atom. The number of benzene rings is 1. The molecule has 3 heteroatoms. The van der Waals surface area contributed by atoms with Crippen LogP contribution in [0.2, 0.25) is 0 Å². The Balaban J connectivity index is 1.81. The zero-order chi connectivity index (χ0) is 14.2. The smallest absolute Gasteiger partial charge is 0.0983 e. The normalized spacial score (nSPS) is 14.1. The average Bonchev–Trinajstić information content (AvgIpc) is 3.01. The van der Waals surface area contributed by atoms with Crippen molar-refractivity contribution >= 4 is 11.3 Å². The summed E-state index contributed by atoms with van der Waals surface area (Å²) in [5.41, 5.74) is 8.76. The van der Waals surface area contributed by atoms with Crippen LogP contribution in [0, 0.1) is 0 Å². The summed E-state index contributed by atoms with van der Waals surface area (Å²) in [6.45, 7) is 2.86. The Bertz CT molecular complexity index is 469. The second-order valence-electron chi connectivity index (χ2n) is 5.01. The van der Waals surface area contributed by atoms with Crippen molar-refractivity contribution in [3.8, 4) is 0 Å². The lowest BCUT2D eigenvalue weighted by Gasteiger charge is -2.22. The van der Waals surface area contributed by atoms with Gasteiger partial charge in [-0.15, -0.1) is 0 Å². The Morgan fingerprint density at radius 2 is 2.00 bits per heavy atom. The number of hydrogen-bond acceptors (Lipinski definition) is 3. The predicted octanol–water partition coefficient (Wildman–Crippen LogP) is 4.18. The molecule has 2 N–H and O–H groups in total. The van der Waals surface area contributed by atoms with Gasteiger partial charge >= 0.3 is 0 Å². The Morgan fingerprint density at radius 1 is 1.20 bits per heavy atom. The molecule has 2 nitrogen and oxygen atoms in total. The molecule has 2 unspecified atom stereocenters. The number of hydrogen-bond donors (Lipinski definition) is 1. The van der Waals surface area contributed by atoms with E-state index in [1.807, 2.05) is 6.07 Å². The molecule has 0 radical (unpaired) electrons. The fourth-order valence-corrected chi connectivity index (χ4v) is 2.93. The van der Waals surface area contributed by atoms with Gasteiger partial charge in [-0.1, -0.05) is 37.3 Å². The van der Waals surface area contributed by atoms with Crippen molar-refractivity contribution in [3.05, 3.63) is 58.3 Å². The van der Waals surface area contributed by atoms with Crippen LogP contribution in [0.3, 0.4) is 0 Å². The Kier molecular flexibility index (Phi) is 6.25. The van der Waals surface area contributed by atoms with Gasteiger partial charge in [0.05, 0.1) is 6.10 Å². The van der Waals surface area contributed by atoms with Crippen molar-refractivity contribution in [2.45, 2.75) is 38.3 Å². The molecule has 1 aromatic heterocycles. The molecule has 0 aliphatic rings. The van der Waals surface area contributed by atoms with Crippen LogP contribution in [-0.4, -0.2) is 12.6 Å². The van der Waals surface area contributed by atoms with Gasteiger partial charge in [-0.3, -0.25) is 0 Å². The molecule has 20 heavy (non-hydrogen) atoms. The van der Waals surface area contributed by atoms with Gasteiger partial charge in [0.1, 0.15) is 0 Å². The summed E-state index contributed by atoms with van der Waals surface area (Å²) in [5.74, 6) is 0. The number of thiophene rings is 1. The van der Waals surface area contributed by atoms with E-state index in [1.165, 1.54) is 11.1 Å². The lowest BCUT2D eigenvalue weighted by Crippen LogP contribution is -2.29. The van der Waals surface area contributed by atoms with Gasteiger partial charge in [-0.05, 0) is 47.2 Å². The van der Waals surface area contributed by atoms with E-state index in [1.54, 1.807) is 11.3 Å². The van der Waals surface area contributed by atoms with Crippen LogP contribution in [0.15, 0.2) is 47.2 Å². The van der Waals surface area contributed by atoms with Crippen LogP contribution in [0.4, 0.5) is 0 Å². The summed E-state index contributed by atoms with van der Waals surface area (Å²) in [6.07, 6.45) is 3.04. The fraction of sp³-hybridized carbons (Fsp3) is 0.412. The van der Waals surface area contributed by atoms with E-state index in [4.69, 9.17) is 10.5 Å². The van der Waals surface area contributed by atoms with Gasteiger partial charge in [-0.2, -0.15) is 11.3 Å². The Labute approximate surface area is 125 Å². The SMILES string of the molecule is CCC(N)C(OCCCc1ccccc1)c1ccsc1. The highest BCUT2D eigenvalue weighted by Crippen LogP contribution is 2.24. The Hall–Kier alpha value is -1.16. The molecule has 0 fully saturated rings. The van der Waals surface area contributed by atoms with Crippen molar-refractivity contribution < 1.29 is 4.74 Å². The van der Waals surface area contributed by atoms with Crippen molar-refractivity contribution in [3.63, 3.8) is 0 Å². The maximum atomic E-state index is 6.18. The van der Waals surface area contributed by atoms with Crippen molar-refractivity contribution in [2.75, 3.05) is 6.61 Å². The number of aryl methyl sites for hydroxylation is 1. The van der Waals surface area contributed by atoms with Gasteiger partial charge in [-0.25, -0.2) is 0 Å². The molecule has 0 amide bonds. The zero-order valence-electron chi connectivity index (χ0n) is 12.0. The van der Waals surface area contributed by atoms with Crippen molar-refractivity contribution in [2.24, 2.45) is 5.73 Å². The summed E-state index contributed by atoms with van der Waals surface area (Å²) >= 11 is 1.70. The summed E-state index contributed by atoms with van der Waals surface area (Å²) in [5, 5.41) is 4.22. The first kappa shape index (κ1) is 15.2. The third-order valence-electron chi connectivity index (χ3n) is 3.48. The van der Waals surface area contributed by atoms with Gasteiger partial charge in [0, 0.05) is 12.6 Å². The first-order valence-electron chi connectivity index (χ1n) is 7.24. The molecule has 1 heterocycles. The fourth-order valence-electron chi connectivity index (χ4n) is 2.25. The van der Waals surface area contributed by atoms with Gasteiger partial charge in [0.25, 0.3) is 0 Å². The molecule has 2 rings (SSSR count). The van der Waals surface area contributed by atoms with Gasteiger partial charge in [0.15, 0.2) is 0 Å². The zero-order valence-corrected chi connectivity index (χ0v) is 12.8. The third kappa shape index (κ3) is 4.44. The van der Waals surface area contributed by atoms with Crippen LogP contribution >= 0.6 is 11.3 Å². The van der Waals surface area contributed by atoms with Crippen LogP contribution in [0.5, 0.6) is 0 Å². The van der Waals surface area contributed by atoms with Gasteiger partial charge in [0.2, 0.25) is 0 Å². The van der Waals surface area contributed by atoms with Crippen molar-refractivity contribution in [1.82, 2.24) is 0 Å². The summed E-state index contributed by atoms with van der Waals surface area (Å²) in [7, 11) is 0. The highest BCUT2D eigenvalue weighted by atomic mass is 32.1. The molecule has 2 aromatic rings. The first-order valence-corrected chi connectivity index (χ1v) is 8.18. The maximum absolute atomic E-state index is 6.18. The molecule has 0 bridgehead atoms.